The smallest absolute Gasteiger partial charge is 0.203 e. The Morgan fingerprint density at radius 3 is 2.76 bits per heavy atom. The van der Waals surface area contributed by atoms with E-state index in [0.29, 0.717) is 5.75 Å². The van der Waals surface area contributed by atoms with Crippen LogP contribution in [0.4, 0.5) is 0 Å². The van der Waals surface area contributed by atoms with Crippen LogP contribution in [0.3, 0.4) is 0 Å². The van der Waals surface area contributed by atoms with Gasteiger partial charge < -0.3 is 13.8 Å². The van der Waals surface area contributed by atoms with E-state index in [2.05, 4.69) is 41.9 Å². The molecule has 2 aromatic carbocycles. The zero-order valence-corrected chi connectivity index (χ0v) is 17.9. The summed E-state index contributed by atoms with van der Waals surface area (Å²) >= 11 is -1.35. The van der Waals surface area contributed by atoms with Gasteiger partial charge in [-0.15, -0.1) is 0 Å². The lowest BCUT2D eigenvalue weighted by molar-refractivity contribution is -0.0369. The van der Waals surface area contributed by atoms with Crippen LogP contribution in [0.2, 0.25) is 0 Å². The Labute approximate surface area is 174 Å². The Balaban J connectivity index is 1.77. The first kappa shape index (κ1) is 20.1. The van der Waals surface area contributed by atoms with Crippen molar-refractivity contribution in [2.45, 2.75) is 32.0 Å². The van der Waals surface area contributed by atoms with Crippen molar-refractivity contribution >= 4 is 22.0 Å². The molecule has 1 aliphatic rings. The van der Waals surface area contributed by atoms with Crippen LogP contribution in [0.25, 0.3) is 22.0 Å². The number of hydrogen-bond acceptors (Lipinski definition) is 5. The number of nitrogens with zero attached hydrogens (tertiary/aromatic N) is 3. The highest BCUT2D eigenvalue weighted by Gasteiger charge is 2.21. The first-order valence-corrected chi connectivity index (χ1v) is 11.4. The van der Waals surface area contributed by atoms with Crippen LogP contribution < -0.4 is 4.18 Å². The fraction of sp³-hybridized carbons (Fsp3) is 0.409. The normalized spacial score (nSPS) is 18.3. The average molecular weight is 414 g/mol. The summed E-state index contributed by atoms with van der Waals surface area (Å²) in [6.45, 7) is 1.55. The highest BCUT2D eigenvalue weighted by atomic mass is 32.2. The number of fused-ring (bicyclic) bond motifs is 1. The molecule has 3 aromatic rings. The van der Waals surface area contributed by atoms with Crippen molar-refractivity contribution in [3.63, 3.8) is 0 Å². The van der Waals surface area contributed by atoms with E-state index in [1.807, 2.05) is 24.3 Å². The second-order valence-electron chi connectivity index (χ2n) is 7.69. The van der Waals surface area contributed by atoms with Gasteiger partial charge in [0, 0.05) is 24.8 Å². The van der Waals surface area contributed by atoms with Crippen molar-refractivity contribution in [3.8, 4) is 16.9 Å². The molecule has 6 nitrogen and oxygen atoms in total. The van der Waals surface area contributed by atoms with Gasteiger partial charge in [-0.2, -0.15) is 5.10 Å². The minimum atomic E-state index is -1.35. The predicted octanol–water partition coefficient (Wildman–Crippen LogP) is 4.14. The third kappa shape index (κ3) is 4.52. The quantitative estimate of drug-likeness (QED) is 0.608. The summed E-state index contributed by atoms with van der Waals surface area (Å²) in [7, 11) is 4.11. The molecule has 1 aliphatic heterocycles. The van der Waals surface area contributed by atoms with Crippen LogP contribution in [0.5, 0.6) is 5.75 Å². The molecule has 29 heavy (non-hydrogen) atoms. The Hall–Kier alpha value is -2.22. The second kappa shape index (κ2) is 8.65. The molecule has 1 fully saturated rings. The third-order valence-electron chi connectivity index (χ3n) is 5.06. The van der Waals surface area contributed by atoms with E-state index < -0.39 is 11.1 Å². The maximum absolute atomic E-state index is 11.4. The summed E-state index contributed by atoms with van der Waals surface area (Å²) in [4.78, 5) is 2.13. The van der Waals surface area contributed by atoms with Crippen molar-refractivity contribution in [1.82, 2.24) is 14.7 Å². The van der Waals surface area contributed by atoms with E-state index in [9.17, 15) is 4.21 Å². The van der Waals surface area contributed by atoms with Gasteiger partial charge in [0.2, 0.25) is 11.1 Å². The Bertz CT molecular complexity index is 1030. The lowest BCUT2D eigenvalue weighted by Gasteiger charge is -2.23. The zero-order chi connectivity index (χ0) is 20.4. The van der Waals surface area contributed by atoms with E-state index in [-0.39, 0.29) is 6.23 Å². The Morgan fingerprint density at radius 2 is 2.03 bits per heavy atom. The summed E-state index contributed by atoms with van der Waals surface area (Å²) in [6, 6.07) is 14.1. The lowest BCUT2D eigenvalue weighted by Crippen LogP contribution is -2.19. The van der Waals surface area contributed by atoms with Crippen molar-refractivity contribution in [3.05, 3.63) is 48.2 Å². The molecule has 4 rings (SSSR count). The molecular formula is C22H27N3O3S. The maximum atomic E-state index is 11.4. The van der Waals surface area contributed by atoms with Gasteiger partial charge in [0.25, 0.3) is 0 Å². The minimum Gasteiger partial charge on any atom is -0.401 e. The molecule has 0 N–H and O–H groups in total. The first-order valence-electron chi connectivity index (χ1n) is 9.91. The molecular weight excluding hydrogens is 386 g/mol. The van der Waals surface area contributed by atoms with Gasteiger partial charge in [-0.05, 0) is 68.8 Å². The van der Waals surface area contributed by atoms with Crippen molar-refractivity contribution < 1.29 is 13.1 Å². The van der Waals surface area contributed by atoms with E-state index in [4.69, 9.17) is 14.0 Å². The van der Waals surface area contributed by atoms with Crippen molar-refractivity contribution in [2.75, 3.05) is 27.0 Å². The van der Waals surface area contributed by atoms with Gasteiger partial charge in [-0.25, -0.2) is 8.89 Å². The topological polar surface area (TPSA) is 56.6 Å². The second-order valence-corrected chi connectivity index (χ2v) is 8.66. The van der Waals surface area contributed by atoms with Crippen LogP contribution in [0, 0.1) is 0 Å². The van der Waals surface area contributed by atoms with Crippen LogP contribution in [0.15, 0.2) is 42.5 Å². The largest absolute Gasteiger partial charge is 0.401 e. The molecule has 0 saturated carbocycles. The molecule has 154 valence electrons. The molecule has 0 radical (unpaired) electrons. The molecule has 2 unspecified atom stereocenters. The molecule has 0 spiro atoms. The molecule has 1 saturated heterocycles. The monoisotopic (exact) mass is 413 g/mol. The van der Waals surface area contributed by atoms with Gasteiger partial charge in [0.1, 0.15) is 5.75 Å². The van der Waals surface area contributed by atoms with E-state index in [0.717, 1.165) is 53.7 Å². The van der Waals surface area contributed by atoms with Crippen molar-refractivity contribution in [1.29, 1.82) is 0 Å². The SMILES string of the molecule is CN(C)Cc1nn(C2CCCCO2)c2ccc(-c3cccc(OS(C)=O)c3)cc12. The fourth-order valence-electron chi connectivity index (χ4n) is 3.80. The molecule has 0 bridgehead atoms. The molecule has 2 atom stereocenters. The van der Waals surface area contributed by atoms with Gasteiger partial charge in [-0.3, -0.25) is 0 Å². The number of hydrogen-bond donors (Lipinski definition) is 0. The van der Waals surface area contributed by atoms with Gasteiger partial charge in [0.05, 0.1) is 11.2 Å². The Kier molecular flexibility index (Phi) is 5.99. The highest BCUT2D eigenvalue weighted by Crippen LogP contribution is 2.32. The highest BCUT2D eigenvalue weighted by molar-refractivity contribution is 7.79. The number of aromatic nitrogens is 2. The summed E-state index contributed by atoms with van der Waals surface area (Å²) < 4.78 is 24.8. The third-order valence-corrected chi connectivity index (χ3v) is 5.49. The number of rotatable bonds is 6. The molecule has 0 amide bonds. The van der Waals surface area contributed by atoms with Crippen molar-refractivity contribution in [2.24, 2.45) is 0 Å². The van der Waals surface area contributed by atoms with Crippen LogP contribution in [-0.2, 0) is 22.4 Å². The van der Waals surface area contributed by atoms with E-state index in [1.165, 1.54) is 12.7 Å². The van der Waals surface area contributed by atoms with Crippen LogP contribution in [0.1, 0.15) is 31.2 Å². The van der Waals surface area contributed by atoms with Gasteiger partial charge in [-0.1, -0.05) is 18.2 Å². The summed E-state index contributed by atoms with van der Waals surface area (Å²) in [5.74, 6) is 0.600. The van der Waals surface area contributed by atoms with E-state index >= 15 is 0 Å². The average Bonchev–Trinajstić information content (AvgIpc) is 3.05. The van der Waals surface area contributed by atoms with Gasteiger partial charge in [0.15, 0.2) is 6.23 Å². The fourth-order valence-corrected chi connectivity index (χ4v) is 4.17. The van der Waals surface area contributed by atoms with E-state index in [1.54, 1.807) is 0 Å². The van der Waals surface area contributed by atoms with Crippen LogP contribution >= 0.6 is 0 Å². The summed E-state index contributed by atoms with van der Waals surface area (Å²) in [5, 5.41) is 6.06. The first-order chi connectivity index (χ1) is 14.0. The molecule has 0 aliphatic carbocycles. The molecule has 2 heterocycles. The van der Waals surface area contributed by atoms with Crippen LogP contribution in [-0.4, -0.2) is 45.8 Å². The minimum absolute atomic E-state index is 0.00396. The van der Waals surface area contributed by atoms with Gasteiger partial charge >= 0.3 is 0 Å². The Morgan fingerprint density at radius 1 is 1.21 bits per heavy atom. The molecule has 7 heteroatoms. The lowest BCUT2D eigenvalue weighted by atomic mass is 10.0. The molecule has 1 aromatic heterocycles. The number of benzene rings is 2. The number of ether oxygens (including phenoxy) is 1. The summed E-state index contributed by atoms with van der Waals surface area (Å²) in [5.41, 5.74) is 4.24. The predicted molar refractivity (Wildman–Crippen MR) is 116 cm³/mol. The maximum Gasteiger partial charge on any atom is 0.203 e. The summed E-state index contributed by atoms with van der Waals surface area (Å²) in [6.07, 6.45) is 4.80. The standard InChI is InChI=1S/C22H27N3O3S/c1-24(2)15-20-19-14-17(16-7-6-8-18(13-16)28-29(3)26)10-11-21(19)25(23-20)22-9-4-5-12-27-22/h6-8,10-11,13-14,22H,4-5,9,12,15H2,1-3H3. The zero-order valence-electron chi connectivity index (χ0n) is 17.1.